The Labute approximate surface area is 148 Å². The van der Waals surface area contributed by atoms with E-state index in [4.69, 9.17) is 9.47 Å². The van der Waals surface area contributed by atoms with Crippen LogP contribution in [0.1, 0.15) is 25.8 Å². The molecule has 1 aromatic heterocycles. The van der Waals surface area contributed by atoms with Gasteiger partial charge in [-0.05, 0) is 43.7 Å². The molecule has 2 aromatic rings. The number of guanidine groups is 1. The molecular weight excluding hydrogens is 316 g/mol. The molecule has 2 heterocycles. The predicted octanol–water partition coefficient (Wildman–Crippen LogP) is 3.10. The van der Waals surface area contributed by atoms with Gasteiger partial charge in [-0.2, -0.15) is 0 Å². The second-order valence-electron chi connectivity index (χ2n) is 5.98. The summed E-state index contributed by atoms with van der Waals surface area (Å²) in [6, 6.07) is 11.9. The molecule has 0 amide bonds. The first-order valence-corrected chi connectivity index (χ1v) is 8.64. The summed E-state index contributed by atoms with van der Waals surface area (Å²) in [6.07, 6.45) is 2.71. The zero-order valence-corrected chi connectivity index (χ0v) is 14.7. The molecule has 1 unspecified atom stereocenters. The van der Waals surface area contributed by atoms with E-state index in [0.29, 0.717) is 25.1 Å². The molecule has 0 spiro atoms. The first kappa shape index (κ1) is 17.1. The highest BCUT2D eigenvalue weighted by atomic mass is 16.5. The van der Waals surface area contributed by atoms with Gasteiger partial charge in [-0.15, -0.1) is 0 Å². The standard InChI is InChI=1S/C19H24N4O2/c1-3-11-24-16-6-8-17(9-7-16)25-18-15(5-4-10-20-18)13-22-19-21-12-14(2)23-19/h4-10,14H,3,11-13H2,1-2H3,(H2,21,22,23). The zero-order valence-electron chi connectivity index (χ0n) is 14.7. The molecule has 2 N–H and O–H groups in total. The number of rotatable bonds is 7. The first-order valence-electron chi connectivity index (χ1n) is 8.64. The van der Waals surface area contributed by atoms with Crippen molar-refractivity contribution in [3.05, 3.63) is 48.2 Å². The van der Waals surface area contributed by atoms with Gasteiger partial charge in [-0.25, -0.2) is 4.98 Å². The van der Waals surface area contributed by atoms with E-state index >= 15 is 0 Å². The minimum absolute atomic E-state index is 0.376. The van der Waals surface area contributed by atoms with E-state index in [0.717, 1.165) is 36.0 Å². The predicted molar refractivity (Wildman–Crippen MR) is 98.3 cm³/mol. The van der Waals surface area contributed by atoms with Crippen LogP contribution in [-0.4, -0.2) is 30.1 Å². The summed E-state index contributed by atoms with van der Waals surface area (Å²) >= 11 is 0. The highest BCUT2D eigenvalue weighted by Crippen LogP contribution is 2.25. The molecule has 0 bridgehead atoms. The van der Waals surface area contributed by atoms with E-state index in [1.54, 1.807) is 6.20 Å². The number of hydrogen-bond donors (Lipinski definition) is 2. The van der Waals surface area contributed by atoms with Crippen molar-refractivity contribution >= 4 is 5.96 Å². The lowest BCUT2D eigenvalue weighted by Gasteiger charge is -2.12. The Balaban J connectivity index is 1.62. The van der Waals surface area contributed by atoms with Crippen molar-refractivity contribution in [2.45, 2.75) is 32.9 Å². The van der Waals surface area contributed by atoms with Crippen LogP contribution in [0.3, 0.4) is 0 Å². The zero-order chi connectivity index (χ0) is 17.5. The van der Waals surface area contributed by atoms with Gasteiger partial charge in [0.25, 0.3) is 0 Å². The molecule has 0 fully saturated rings. The van der Waals surface area contributed by atoms with E-state index in [1.165, 1.54) is 0 Å². The molecule has 132 valence electrons. The molecular formula is C19H24N4O2. The van der Waals surface area contributed by atoms with Gasteiger partial charge in [0.2, 0.25) is 5.88 Å². The lowest BCUT2D eigenvalue weighted by Crippen LogP contribution is -2.37. The van der Waals surface area contributed by atoms with Crippen molar-refractivity contribution in [1.82, 2.24) is 15.6 Å². The maximum absolute atomic E-state index is 5.94. The first-order chi connectivity index (χ1) is 12.2. The maximum Gasteiger partial charge on any atom is 0.224 e. The Bertz CT molecular complexity index is 716. The summed E-state index contributed by atoms with van der Waals surface area (Å²) in [5.74, 6) is 2.98. The van der Waals surface area contributed by atoms with E-state index in [-0.39, 0.29) is 0 Å². The summed E-state index contributed by atoms with van der Waals surface area (Å²) < 4.78 is 11.5. The highest BCUT2D eigenvalue weighted by molar-refractivity contribution is 5.81. The van der Waals surface area contributed by atoms with E-state index < -0.39 is 0 Å². The fourth-order valence-electron chi connectivity index (χ4n) is 2.42. The van der Waals surface area contributed by atoms with Gasteiger partial charge in [-0.1, -0.05) is 13.0 Å². The molecule has 3 rings (SSSR count). The molecule has 1 aliphatic heterocycles. The summed E-state index contributed by atoms with van der Waals surface area (Å²) in [7, 11) is 0. The van der Waals surface area contributed by atoms with Crippen molar-refractivity contribution in [2.75, 3.05) is 13.2 Å². The Morgan fingerprint density at radius 2 is 2.00 bits per heavy atom. The van der Waals surface area contributed by atoms with E-state index in [2.05, 4.69) is 34.5 Å². The molecule has 6 heteroatoms. The summed E-state index contributed by atoms with van der Waals surface area (Å²) in [5.41, 5.74) is 0.970. The number of nitrogens with zero attached hydrogens (tertiary/aromatic N) is 2. The second kappa shape index (κ2) is 8.37. The SMILES string of the molecule is CCCOc1ccc(Oc2ncccc2CNC2=NCC(C)N2)cc1. The molecule has 1 aromatic carbocycles. The van der Waals surface area contributed by atoms with Crippen molar-refractivity contribution in [3.8, 4) is 17.4 Å². The van der Waals surface area contributed by atoms with Crippen LogP contribution in [0.4, 0.5) is 0 Å². The maximum atomic E-state index is 5.94. The minimum atomic E-state index is 0.376. The van der Waals surface area contributed by atoms with Gasteiger partial charge in [0.1, 0.15) is 11.5 Å². The Kier molecular flexibility index (Phi) is 5.72. The number of benzene rings is 1. The molecule has 25 heavy (non-hydrogen) atoms. The summed E-state index contributed by atoms with van der Waals surface area (Å²) in [4.78, 5) is 8.75. The monoisotopic (exact) mass is 340 g/mol. The normalized spacial score (nSPS) is 16.1. The quantitative estimate of drug-likeness (QED) is 0.811. The number of pyridine rings is 1. The van der Waals surface area contributed by atoms with Gasteiger partial charge in [0.05, 0.1) is 13.2 Å². The van der Waals surface area contributed by atoms with Crippen LogP contribution in [0, 0.1) is 0 Å². The molecule has 6 nitrogen and oxygen atoms in total. The summed E-state index contributed by atoms with van der Waals surface area (Å²) in [6.45, 7) is 6.30. The third-order valence-electron chi connectivity index (χ3n) is 3.71. The molecule has 0 saturated heterocycles. The third kappa shape index (κ3) is 4.86. The van der Waals surface area contributed by atoms with Crippen molar-refractivity contribution < 1.29 is 9.47 Å². The molecule has 1 atom stereocenters. The third-order valence-corrected chi connectivity index (χ3v) is 3.71. The van der Waals surface area contributed by atoms with Gasteiger partial charge < -0.3 is 20.1 Å². The van der Waals surface area contributed by atoms with Crippen LogP contribution < -0.4 is 20.1 Å². The summed E-state index contributed by atoms with van der Waals surface area (Å²) in [5, 5.41) is 6.57. The average molecular weight is 340 g/mol. The van der Waals surface area contributed by atoms with Crippen LogP contribution >= 0.6 is 0 Å². The topological polar surface area (TPSA) is 67.8 Å². The average Bonchev–Trinajstić information content (AvgIpc) is 3.06. The van der Waals surface area contributed by atoms with Gasteiger partial charge in [0, 0.05) is 24.3 Å². The van der Waals surface area contributed by atoms with Crippen LogP contribution in [0.15, 0.2) is 47.6 Å². The van der Waals surface area contributed by atoms with Crippen molar-refractivity contribution in [1.29, 1.82) is 0 Å². The fraction of sp³-hybridized carbons (Fsp3) is 0.368. The van der Waals surface area contributed by atoms with E-state index in [9.17, 15) is 0 Å². The Hall–Kier alpha value is -2.76. The Morgan fingerprint density at radius 1 is 1.20 bits per heavy atom. The molecule has 1 aliphatic rings. The van der Waals surface area contributed by atoms with Crippen molar-refractivity contribution in [3.63, 3.8) is 0 Å². The molecule has 0 aliphatic carbocycles. The number of aliphatic imine (C=N–C) groups is 1. The molecule has 0 saturated carbocycles. The molecule has 0 radical (unpaired) electrons. The minimum Gasteiger partial charge on any atom is -0.494 e. The van der Waals surface area contributed by atoms with Crippen LogP contribution in [0.25, 0.3) is 0 Å². The lowest BCUT2D eigenvalue weighted by molar-refractivity contribution is 0.317. The fourth-order valence-corrected chi connectivity index (χ4v) is 2.42. The van der Waals surface area contributed by atoms with Crippen LogP contribution in [0.2, 0.25) is 0 Å². The van der Waals surface area contributed by atoms with Crippen LogP contribution in [0.5, 0.6) is 17.4 Å². The van der Waals surface area contributed by atoms with E-state index in [1.807, 2.05) is 36.4 Å². The smallest absolute Gasteiger partial charge is 0.224 e. The number of ether oxygens (including phenoxy) is 2. The van der Waals surface area contributed by atoms with Crippen LogP contribution in [-0.2, 0) is 6.54 Å². The highest BCUT2D eigenvalue weighted by Gasteiger charge is 2.13. The lowest BCUT2D eigenvalue weighted by atomic mass is 10.2. The largest absolute Gasteiger partial charge is 0.494 e. The number of hydrogen-bond acceptors (Lipinski definition) is 6. The van der Waals surface area contributed by atoms with Gasteiger partial charge >= 0.3 is 0 Å². The van der Waals surface area contributed by atoms with Gasteiger partial charge in [0.15, 0.2) is 5.96 Å². The van der Waals surface area contributed by atoms with Gasteiger partial charge in [-0.3, -0.25) is 4.99 Å². The Morgan fingerprint density at radius 3 is 2.72 bits per heavy atom. The number of aromatic nitrogens is 1. The van der Waals surface area contributed by atoms with Crippen molar-refractivity contribution in [2.24, 2.45) is 4.99 Å². The second-order valence-corrected chi connectivity index (χ2v) is 5.98. The number of nitrogens with one attached hydrogen (secondary N) is 2.